The number of piperazine rings is 1. The number of rotatable bonds is 19. The summed E-state index contributed by atoms with van der Waals surface area (Å²) in [4.78, 5) is 48.2. The zero-order valence-corrected chi connectivity index (χ0v) is 41.2. The third kappa shape index (κ3) is 10.6. The van der Waals surface area contributed by atoms with Gasteiger partial charge in [-0.15, -0.1) is 0 Å². The lowest BCUT2D eigenvalue weighted by Gasteiger charge is -2.56. The maximum absolute atomic E-state index is 14.0. The van der Waals surface area contributed by atoms with Crippen LogP contribution in [0.5, 0.6) is 11.6 Å². The molecule has 2 unspecified atom stereocenters. The predicted molar refractivity (Wildman–Crippen MR) is 270 cm³/mol. The molecule has 0 radical (unpaired) electrons. The van der Waals surface area contributed by atoms with Gasteiger partial charge in [0.2, 0.25) is 17.7 Å². The summed E-state index contributed by atoms with van der Waals surface area (Å²) >= 11 is 0. The van der Waals surface area contributed by atoms with E-state index < -0.39 is 17.7 Å². The van der Waals surface area contributed by atoms with Gasteiger partial charge >= 0.3 is 6.09 Å². The summed E-state index contributed by atoms with van der Waals surface area (Å²) in [5, 5.41) is 20.7. The number of methoxy groups -OCH3 is 1. The van der Waals surface area contributed by atoms with Crippen LogP contribution in [0.1, 0.15) is 83.3 Å². The first-order chi connectivity index (χ1) is 34.3. The van der Waals surface area contributed by atoms with E-state index in [9.17, 15) is 14.9 Å². The number of hydrogen-bond acceptors (Lipinski definition) is 14. The second-order valence-corrected chi connectivity index (χ2v) is 20.8. The fourth-order valence-corrected chi connectivity index (χ4v) is 10.9. The Balaban J connectivity index is 0.702. The lowest BCUT2D eigenvalue weighted by molar-refractivity contribution is -0.124. The van der Waals surface area contributed by atoms with Crippen molar-refractivity contribution in [2.75, 3.05) is 57.1 Å². The van der Waals surface area contributed by atoms with Gasteiger partial charge < -0.3 is 44.9 Å². The number of pyridine rings is 3. The van der Waals surface area contributed by atoms with E-state index in [0.717, 1.165) is 105 Å². The van der Waals surface area contributed by atoms with E-state index in [4.69, 9.17) is 24.9 Å². The number of unbranched alkanes of at least 4 members (excludes halogenated alkanes) is 2. The number of hydrogen-bond donors (Lipinski definition) is 3. The van der Waals surface area contributed by atoms with Crippen LogP contribution in [0.2, 0.25) is 0 Å². The number of nitrogens with zero attached hydrogens (tertiary/aromatic N) is 10. The summed E-state index contributed by atoms with van der Waals surface area (Å²) in [6.45, 7) is 11.9. The number of alkyl carbamates (subject to hydrolysis) is 1. The minimum atomic E-state index is -0.764. The molecule has 2 bridgehead atoms. The van der Waals surface area contributed by atoms with Crippen molar-refractivity contribution in [3.63, 3.8) is 0 Å². The van der Waals surface area contributed by atoms with Crippen LogP contribution in [0, 0.1) is 16.7 Å². The fourth-order valence-electron chi connectivity index (χ4n) is 10.9. The van der Waals surface area contributed by atoms with Crippen LogP contribution < -0.4 is 30.7 Å². The summed E-state index contributed by atoms with van der Waals surface area (Å²) in [5.41, 5.74) is 11.5. The molecule has 18 nitrogen and oxygen atoms in total. The van der Waals surface area contributed by atoms with Crippen molar-refractivity contribution < 1.29 is 23.8 Å². The number of nitrogen functional groups attached to an aromatic ring is 1. The molecule has 5 aliphatic rings. The highest BCUT2D eigenvalue weighted by molar-refractivity contribution is 5.86. The average Bonchev–Trinajstić information content (AvgIpc) is 3.73. The number of nitrogens with one attached hydrogen (secondary N) is 2. The van der Waals surface area contributed by atoms with Crippen molar-refractivity contribution in [2.24, 2.45) is 5.41 Å². The molecule has 5 fully saturated rings. The van der Waals surface area contributed by atoms with Crippen LogP contribution in [0.3, 0.4) is 0 Å². The van der Waals surface area contributed by atoms with Crippen molar-refractivity contribution >= 4 is 40.3 Å². The van der Waals surface area contributed by atoms with Crippen molar-refractivity contribution in [3.05, 3.63) is 90.5 Å². The highest BCUT2D eigenvalue weighted by atomic mass is 16.6. The molecule has 1 spiro atoms. The summed E-state index contributed by atoms with van der Waals surface area (Å²) in [7, 11) is 1.63. The zero-order chi connectivity index (χ0) is 49.3. The first kappa shape index (κ1) is 47.7. The Bertz CT molecular complexity index is 2890. The number of nitrogens with two attached hydrogens (primary N) is 1. The Hall–Kier alpha value is -6.97. The number of aryl methyl sites for hydroxylation is 1. The van der Waals surface area contributed by atoms with E-state index in [-0.39, 0.29) is 17.4 Å². The molecule has 71 heavy (non-hydrogen) atoms. The van der Waals surface area contributed by atoms with Gasteiger partial charge in [-0.05, 0) is 115 Å². The van der Waals surface area contributed by atoms with Gasteiger partial charge in [0.05, 0.1) is 48.2 Å². The number of nitriles is 1. The number of fused-ring (bicyclic) bond motifs is 4. The third-order valence-corrected chi connectivity index (χ3v) is 14.7. The summed E-state index contributed by atoms with van der Waals surface area (Å²) < 4.78 is 20.8. The van der Waals surface area contributed by atoms with Crippen molar-refractivity contribution in [1.82, 2.24) is 49.6 Å². The topological polar surface area (TPSA) is 206 Å². The minimum Gasteiger partial charge on any atom is -0.492 e. The summed E-state index contributed by atoms with van der Waals surface area (Å²) in [6, 6.07) is 20.4. The summed E-state index contributed by atoms with van der Waals surface area (Å²) in [6.07, 6.45) is 13.8. The number of para-hydroxylation sites is 2. The van der Waals surface area contributed by atoms with Gasteiger partial charge in [-0.2, -0.15) is 10.4 Å². The van der Waals surface area contributed by atoms with Gasteiger partial charge in [0, 0.05) is 92.4 Å². The number of amides is 2. The smallest absolute Gasteiger partial charge is 0.408 e. The first-order valence-corrected chi connectivity index (χ1v) is 25.1. The number of imidazole rings is 1. The molecule has 11 rings (SSSR count). The molecule has 4 atom stereocenters. The van der Waals surface area contributed by atoms with E-state index in [1.165, 1.54) is 12.0 Å². The van der Waals surface area contributed by atoms with Crippen molar-refractivity contribution in [3.8, 4) is 28.8 Å². The number of piperidine rings is 1. The highest BCUT2D eigenvalue weighted by Crippen LogP contribution is 2.53. The van der Waals surface area contributed by atoms with Crippen LogP contribution in [-0.2, 0) is 22.6 Å². The summed E-state index contributed by atoms with van der Waals surface area (Å²) in [5.74, 6) is 2.49. The van der Waals surface area contributed by atoms with Crippen LogP contribution >= 0.6 is 0 Å². The van der Waals surface area contributed by atoms with Crippen molar-refractivity contribution in [1.29, 1.82) is 5.26 Å². The number of aromatic nitrogens is 6. The van der Waals surface area contributed by atoms with Gasteiger partial charge in [-0.1, -0.05) is 18.2 Å². The van der Waals surface area contributed by atoms with Gasteiger partial charge in [0.15, 0.2) is 0 Å². The average molecular weight is 964 g/mol. The van der Waals surface area contributed by atoms with E-state index in [1.807, 2.05) is 80.3 Å². The maximum Gasteiger partial charge on any atom is 0.408 e. The maximum atomic E-state index is 14.0. The molecule has 9 heterocycles. The SMILES string of the molecule is COc1ccc(CN2C3CC2CN(c2ccc(-c4cc(OCCCCCN5C[C@H](NC(=O)[C@H](CCCn6c(N)nc7ccccc76)NC(=O)OC(C)(C)C)C6(CC6)C5)cn5ncc(C#N)c45)cn2)C3)cn1. The van der Waals surface area contributed by atoms with Gasteiger partial charge in [0.25, 0.3) is 0 Å². The molecule has 4 aliphatic heterocycles. The molecule has 5 aromatic heterocycles. The predicted octanol–water partition coefficient (Wildman–Crippen LogP) is 6.57. The van der Waals surface area contributed by atoms with Crippen LogP contribution in [0.15, 0.2) is 79.4 Å². The molecule has 1 aromatic carbocycles. The fraction of sp³-hybridized carbons (Fsp3) is 0.491. The molecule has 372 valence electrons. The van der Waals surface area contributed by atoms with Crippen LogP contribution in [0.4, 0.5) is 16.6 Å². The standard InChI is InChI=1S/C53H65N13O5/c1-52(2,3)71-51(68)60-43(12-10-21-64-44-13-7-6-11-42(44)59-50(64)55)49(67)61-45-33-62(34-53(45)18-19-53)20-8-5-9-22-70-40-24-41(48-37(25-54)28-58-66(48)32-40)36-15-16-46(56-27-36)63-30-38-23-39(31-63)65(38)29-35-14-17-47(69-4)57-26-35/h6-7,11,13-17,24,26-28,32,38-39,43,45H,5,8-10,12,18-23,29-31,33-34H2,1-4H3,(H2,55,59)(H,60,68)(H,61,67)/t38?,39?,43-,45-/m0/s1. The first-order valence-electron chi connectivity index (χ1n) is 25.1. The monoisotopic (exact) mass is 964 g/mol. The molecule has 4 N–H and O–H groups in total. The Kier molecular flexibility index (Phi) is 13.5. The third-order valence-electron chi connectivity index (χ3n) is 14.7. The van der Waals surface area contributed by atoms with Crippen molar-refractivity contribution in [2.45, 2.75) is 115 Å². The normalized spacial score (nSPS) is 19.9. The van der Waals surface area contributed by atoms with Gasteiger partial charge in [-0.3, -0.25) is 9.69 Å². The van der Waals surface area contributed by atoms with E-state index in [1.54, 1.807) is 17.8 Å². The molecular weight excluding hydrogens is 899 g/mol. The van der Waals surface area contributed by atoms with Gasteiger partial charge in [-0.25, -0.2) is 24.3 Å². The lowest BCUT2D eigenvalue weighted by atomic mass is 9.87. The van der Waals surface area contributed by atoms with Gasteiger partial charge in [0.1, 0.15) is 29.3 Å². The number of anilines is 2. The molecule has 4 saturated heterocycles. The zero-order valence-electron chi connectivity index (χ0n) is 41.2. The molecule has 6 aromatic rings. The van der Waals surface area contributed by atoms with E-state index >= 15 is 0 Å². The van der Waals surface area contributed by atoms with E-state index in [2.05, 4.69) is 64.7 Å². The van der Waals surface area contributed by atoms with E-state index in [0.29, 0.717) is 61.2 Å². The minimum absolute atomic E-state index is 0.00422. The number of benzene rings is 1. The number of ether oxygens (including phenoxy) is 3. The Morgan fingerprint density at radius 2 is 1.80 bits per heavy atom. The second kappa shape index (κ2) is 20.0. The molecule has 18 heteroatoms. The second-order valence-electron chi connectivity index (χ2n) is 20.8. The van der Waals surface area contributed by atoms with Crippen LogP contribution in [0.25, 0.3) is 27.7 Å². The van der Waals surface area contributed by atoms with Crippen LogP contribution in [-0.4, -0.2) is 127 Å². The number of carbonyl (C=O) groups is 2. The number of likely N-dealkylation sites (tertiary alicyclic amines) is 1. The lowest BCUT2D eigenvalue weighted by Crippen LogP contribution is -2.68. The Morgan fingerprint density at radius 1 is 0.972 bits per heavy atom. The molecule has 1 saturated carbocycles. The molecule has 2 amide bonds. The quantitative estimate of drug-likeness (QED) is 0.0735. The Morgan fingerprint density at radius 3 is 2.54 bits per heavy atom. The molecular formula is C53H65N13O5. The Labute approximate surface area is 414 Å². The highest BCUT2D eigenvalue weighted by Gasteiger charge is 2.55. The largest absolute Gasteiger partial charge is 0.492 e. The number of carbonyl (C=O) groups excluding carboxylic acids is 2. The molecule has 1 aliphatic carbocycles.